The van der Waals surface area contributed by atoms with Gasteiger partial charge in [0, 0.05) is 6.07 Å². The molecule has 0 amide bonds. The first-order valence-electron chi connectivity index (χ1n) is 3.63. The second-order valence-electron chi connectivity index (χ2n) is 2.34. The molecular formula is C8H11BO3. The van der Waals surface area contributed by atoms with E-state index in [4.69, 9.17) is 14.5 Å². The lowest BCUT2D eigenvalue weighted by atomic mass is 9.88. The maximum absolute atomic E-state index is 8.89. The third-order valence-electron chi connectivity index (χ3n) is 1.66. The largest absolute Gasteiger partial charge is 0.497 e. The molecule has 1 aromatic carbocycles. The highest BCUT2D eigenvalue weighted by Gasteiger charge is 2.03. The first kappa shape index (κ1) is 8.94. The van der Waals surface area contributed by atoms with E-state index in [2.05, 4.69) is 0 Å². The fourth-order valence-electron chi connectivity index (χ4n) is 0.982. The number of methoxy groups -OCH3 is 2. The molecule has 1 N–H and O–H groups in total. The van der Waals surface area contributed by atoms with Gasteiger partial charge in [0.1, 0.15) is 11.5 Å². The van der Waals surface area contributed by atoms with Crippen molar-refractivity contribution in [3.8, 4) is 11.5 Å². The zero-order valence-corrected chi connectivity index (χ0v) is 7.20. The molecule has 0 aromatic heterocycles. The van der Waals surface area contributed by atoms with Gasteiger partial charge in [-0.15, -0.1) is 0 Å². The maximum atomic E-state index is 8.89. The van der Waals surface area contributed by atoms with Gasteiger partial charge in [0.15, 0.2) is 0 Å². The highest BCUT2D eigenvalue weighted by atomic mass is 16.5. The van der Waals surface area contributed by atoms with Crippen LogP contribution in [0.1, 0.15) is 0 Å². The van der Waals surface area contributed by atoms with Crippen LogP contribution in [0.5, 0.6) is 11.5 Å². The Kier molecular flexibility index (Phi) is 2.99. The lowest BCUT2D eigenvalue weighted by Crippen LogP contribution is -2.15. The predicted molar refractivity (Wildman–Crippen MR) is 48.5 cm³/mol. The number of hydrogen-bond acceptors (Lipinski definition) is 3. The van der Waals surface area contributed by atoms with Crippen molar-refractivity contribution in [2.75, 3.05) is 14.2 Å². The van der Waals surface area contributed by atoms with E-state index >= 15 is 0 Å². The van der Waals surface area contributed by atoms with Gasteiger partial charge in [-0.05, 0) is 11.5 Å². The highest BCUT2D eigenvalue weighted by molar-refractivity contribution is 6.46. The highest BCUT2D eigenvalue weighted by Crippen LogP contribution is 2.15. The van der Waals surface area contributed by atoms with Crippen molar-refractivity contribution in [1.29, 1.82) is 0 Å². The van der Waals surface area contributed by atoms with E-state index in [1.54, 1.807) is 32.4 Å². The molecule has 0 bridgehead atoms. The number of hydrogen-bond donors (Lipinski definition) is 1. The Balaban J connectivity index is 3.02. The minimum atomic E-state index is -0.0207. The van der Waals surface area contributed by atoms with Gasteiger partial charge in [-0.3, -0.25) is 0 Å². The standard InChI is InChI=1S/C8H11BO3/c1-11-6-3-4-7(9-10)8(5-6)12-2/h3-5,9-10H,1-2H3. The topological polar surface area (TPSA) is 38.7 Å². The molecule has 0 aliphatic heterocycles. The maximum Gasteiger partial charge on any atom is 0.308 e. The van der Waals surface area contributed by atoms with E-state index in [1.807, 2.05) is 0 Å². The molecule has 0 aliphatic rings. The van der Waals surface area contributed by atoms with E-state index < -0.39 is 0 Å². The molecule has 0 unspecified atom stereocenters. The van der Waals surface area contributed by atoms with Crippen molar-refractivity contribution >= 4 is 12.9 Å². The summed E-state index contributed by atoms with van der Waals surface area (Å²) in [6.07, 6.45) is 0. The molecule has 3 nitrogen and oxygen atoms in total. The third-order valence-corrected chi connectivity index (χ3v) is 1.66. The van der Waals surface area contributed by atoms with Gasteiger partial charge < -0.3 is 14.5 Å². The SMILES string of the molecule is COc1ccc(BO)c(OC)c1. The van der Waals surface area contributed by atoms with Gasteiger partial charge in [0.25, 0.3) is 0 Å². The summed E-state index contributed by atoms with van der Waals surface area (Å²) in [6.45, 7) is 0. The molecule has 0 spiro atoms. The summed E-state index contributed by atoms with van der Waals surface area (Å²) in [5.74, 6) is 1.38. The number of ether oxygens (including phenoxy) is 2. The second-order valence-corrected chi connectivity index (χ2v) is 2.34. The van der Waals surface area contributed by atoms with Crippen LogP contribution in [0.25, 0.3) is 0 Å². The quantitative estimate of drug-likeness (QED) is 0.625. The minimum absolute atomic E-state index is 0.0207. The molecule has 0 fully saturated rings. The fraction of sp³-hybridized carbons (Fsp3) is 0.250. The van der Waals surface area contributed by atoms with E-state index in [0.717, 1.165) is 11.2 Å². The Morgan fingerprint density at radius 3 is 2.50 bits per heavy atom. The van der Waals surface area contributed by atoms with Crippen LogP contribution in [0.15, 0.2) is 18.2 Å². The summed E-state index contributed by atoms with van der Waals surface area (Å²) < 4.78 is 10.0. The van der Waals surface area contributed by atoms with Crippen molar-refractivity contribution < 1.29 is 14.5 Å². The Hall–Kier alpha value is -1.16. The summed E-state index contributed by atoms with van der Waals surface area (Å²) in [5.41, 5.74) is 0.762. The smallest absolute Gasteiger partial charge is 0.308 e. The van der Waals surface area contributed by atoms with Crippen molar-refractivity contribution in [1.82, 2.24) is 0 Å². The van der Waals surface area contributed by atoms with Gasteiger partial charge in [0.2, 0.25) is 0 Å². The molecule has 64 valence electrons. The molecule has 12 heavy (non-hydrogen) atoms. The fourth-order valence-corrected chi connectivity index (χ4v) is 0.982. The van der Waals surface area contributed by atoms with Crippen LogP contribution >= 0.6 is 0 Å². The average Bonchev–Trinajstić information content (AvgIpc) is 2.16. The summed E-state index contributed by atoms with van der Waals surface area (Å²) in [5, 5.41) is 8.89. The Morgan fingerprint density at radius 2 is 2.00 bits per heavy atom. The van der Waals surface area contributed by atoms with Gasteiger partial charge in [-0.1, -0.05) is 6.07 Å². The molecular weight excluding hydrogens is 155 g/mol. The van der Waals surface area contributed by atoms with Gasteiger partial charge in [-0.2, -0.15) is 0 Å². The average molecular weight is 166 g/mol. The zero-order chi connectivity index (χ0) is 8.97. The van der Waals surface area contributed by atoms with Gasteiger partial charge in [0.05, 0.1) is 14.2 Å². The minimum Gasteiger partial charge on any atom is -0.497 e. The molecule has 1 rings (SSSR count). The Morgan fingerprint density at radius 1 is 1.25 bits per heavy atom. The number of benzene rings is 1. The van der Waals surface area contributed by atoms with E-state index in [0.29, 0.717) is 5.75 Å². The predicted octanol–water partition coefficient (Wildman–Crippen LogP) is -0.327. The monoisotopic (exact) mass is 166 g/mol. The van der Waals surface area contributed by atoms with Crippen molar-refractivity contribution in [2.45, 2.75) is 0 Å². The lowest BCUT2D eigenvalue weighted by molar-refractivity contribution is 0.396. The molecule has 0 heterocycles. The molecule has 0 aliphatic carbocycles. The summed E-state index contributed by atoms with van der Waals surface area (Å²) in [4.78, 5) is 0. The van der Waals surface area contributed by atoms with E-state index in [-0.39, 0.29) is 7.48 Å². The molecule has 0 radical (unpaired) electrons. The molecule has 1 aromatic rings. The third kappa shape index (κ3) is 1.71. The first-order chi connectivity index (χ1) is 5.81. The van der Waals surface area contributed by atoms with Gasteiger partial charge in [-0.25, -0.2) is 0 Å². The zero-order valence-electron chi connectivity index (χ0n) is 7.20. The van der Waals surface area contributed by atoms with Crippen LogP contribution in [-0.4, -0.2) is 26.7 Å². The Bertz CT molecular complexity index is 262. The normalized spacial score (nSPS) is 9.25. The van der Waals surface area contributed by atoms with Crippen molar-refractivity contribution in [2.24, 2.45) is 0 Å². The second kappa shape index (κ2) is 4.02. The van der Waals surface area contributed by atoms with Crippen LogP contribution in [0.3, 0.4) is 0 Å². The molecule has 0 saturated carbocycles. The molecule has 0 atom stereocenters. The van der Waals surface area contributed by atoms with E-state index in [9.17, 15) is 0 Å². The van der Waals surface area contributed by atoms with E-state index in [1.165, 1.54) is 0 Å². The van der Waals surface area contributed by atoms with Crippen molar-refractivity contribution in [3.05, 3.63) is 18.2 Å². The van der Waals surface area contributed by atoms with Crippen molar-refractivity contribution in [3.63, 3.8) is 0 Å². The molecule has 4 heteroatoms. The summed E-state index contributed by atoms with van der Waals surface area (Å²) >= 11 is 0. The van der Waals surface area contributed by atoms with Crippen LogP contribution in [0.4, 0.5) is 0 Å². The van der Waals surface area contributed by atoms with Crippen LogP contribution in [0, 0.1) is 0 Å². The lowest BCUT2D eigenvalue weighted by Gasteiger charge is -2.07. The summed E-state index contributed by atoms with van der Waals surface area (Å²) in [6, 6.07) is 5.30. The van der Waals surface area contributed by atoms with Crippen LogP contribution in [-0.2, 0) is 0 Å². The summed E-state index contributed by atoms with van der Waals surface area (Å²) in [7, 11) is 3.13. The first-order valence-corrected chi connectivity index (χ1v) is 3.63. The molecule has 0 saturated heterocycles. The van der Waals surface area contributed by atoms with Gasteiger partial charge >= 0.3 is 7.48 Å². The Labute approximate surface area is 72.2 Å². The number of rotatable bonds is 3. The van der Waals surface area contributed by atoms with Crippen LogP contribution in [0.2, 0.25) is 0 Å². The van der Waals surface area contributed by atoms with Crippen LogP contribution < -0.4 is 14.9 Å².